The average Bonchev–Trinajstić information content (AvgIpc) is 3.53. The summed E-state index contributed by atoms with van der Waals surface area (Å²) in [5.41, 5.74) is 4.80. The number of nitrogens with one attached hydrogen (secondary N) is 1. The van der Waals surface area contributed by atoms with Crippen molar-refractivity contribution < 1.29 is 9.53 Å². The van der Waals surface area contributed by atoms with Crippen LogP contribution in [0.3, 0.4) is 0 Å². The number of likely N-dealkylation sites (tertiary alicyclic amines) is 1. The number of carbonyl (C=O) groups excluding carboxylic acids is 1. The van der Waals surface area contributed by atoms with Gasteiger partial charge in [-0.05, 0) is 55.8 Å². The lowest BCUT2D eigenvalue weighted by atomic mass is 10.0. The van der Waals surface area contributed by atoms with Crippen molar-refractivity contribution in [2.24, 2.45) is 0 Å². The van der Waals surface area contributed by atoms with E-state index in [0.29, 0.717) is 6.54 Å². The first-order valence-corrected chi connectivity index (χ1v) is 12.4. The molecule has 1 fully saturated rings. The minimum atomic E-state index is -0.0286. The van der Waals surface area contributed by atoms with Crippen molar-refractivity contribution in [2.75, 3.05) is 26.7 Å². The van der Waals surface area contributed by atoms with E-state index in [-0.39, 0.29) is 11.9 Å². The van der Waals surface area contributed by atoms with Crippen LogP contribution >= 0.6 is 23.1 Å². The van der Waals surface area contributed by atoms with Gasteiger partial charge in [0.1, 0.15) is 5.75 Å². The second kappa shape index (κ2) is 10.8. The van der Waals surface area contributed by atoms with E-state index in [9.17, 15) is 4.79 Å². The molecular formula is C24H27N3O2S2. The number of methoxy groups -OCH3 is 1. The molecule has 1 atom stereocenters. The Balaban J connectivity index is 1.45. The fourth-order valence-electron chi connectivity index (χ4n) is 3.86. The van der Waals surface area contributed by atoms with Gasteiger partial charge in [-0.15, -0.1) is 23.1 Å². The van der Waals surface area contributed by atoms with E-state index in [1.807, 2.05) is 47.3 Å². The fourth-order valence-corrected chi connectivity index (χ4v) is 5.48. The summed E-state index contributed by atoms with van der Waals surface area (Å²) in [5.74, 6) is 1.58. The van der Waals surface area contributed by atoms with E-state index in [2.05, 4.69) is 27.3 Å². The van der Waals surface area contributed by atoms with Gasteiger partial charge in [-0.1, -0.05) is 24.3 Å². The van der Waals surface area contributed by atoms with Gasteiger partial charge in [0, 0.05) is 22.6 Å². The third-order valence-electron chi connectivity index (χ3n) is 5.53. The summed E-state index contributed by atoms with van der Waals surface area (Å²) in [5, 5.41) is 5.24. The van der Waals surface area contributed by atoms with Crippen molar-refractivity contribution in [3.63, 3.8) is 0 Å². The molecule has 4 rings (SSSR count). The van der Waals surface area contributed by atoms with E-state index in [1.165, 1.54) is 18.4 Å². The Bertz CT molecular complexity index is 971. The molecule has 1 aliphatic heterocycles. The minimum absolute atomic E-state index is 0.0286. The topological polar surface area (TPSA) is 54.5 Å². The van der Waals surface area contributed by atoms with Crippen LogP contribution in [0, 0.1) is 0 Å². The molecule has 2 heterocycles. The number of thiazole rings is 1. The monoisotopic (exact) mass is 453 g/mol. The molecule has 0 radical (unpaired) electrons. The van der Waals surface area contributed by atoms with Crippen LogP contribution in [0.1, 0.15) is 40.5 Å². The van der Waals surface area contributed by atoms with Crippen molar-refractivity contribution in [1.82, 2.24) is 15.2 Å². The lowest BCUT2D eigenvalue weighted by Crippen LogP contribution is -2.37. The number of rotatable bonds is 9. The number of benzene rings is 2. The summed E-state index contributed by atoms with van der Waals surface area (Å²) in [4.78, 5) is 20.9. The van der Waals surface area contributed by atoms with Gasteiger partial charge in [0.15, 0.2) is 0 Å². The van der Waals surface area contributed by atoms with Crippen LogP contribution in [0.2, 0.25) is 0 Å². The first-order valence-electron chi connectivity index (χ1n) is 10.5. The summed E-state index contributed by atoms with van der Waals surface area (Å²) < 4.78 is 5.30. The number of amides is 1. The SMILES string of the molecule is COc1ccc(C(CNC(=O)c2ccccc2SCc2cscn2)N2CCCC2)cc1. The van der Waals surface area contributed by atoms with Gasteiger partial charge < -0.3 is 10.1 Å². The van der Waals surface area contributed by atoms with Crippen molar-refractivity contribution in [3.8, 4) is 5.75 Å². The van der Waals surface area contributed by atoms with Crippen LogP contribution in [0.15, 0.2) is 64.3 Å². The number of hydrogen-bond donors (Lipinski definition) is 1. The summed E-state index contributed by atoms with van der Waals surface area (Å²) in [7, 11) is 1.68. The number of ether oxygens (including phenoxy) is 1. The molecule has 1 N–H and O–H groups in total. The predicted molar refractivity (Wildman–Crippen MR) is 127 cm³/mol. The van der Waals surface area contributed by atoms with Gasteiger partial charge >= 0.3 is 0 Å². The molecule has 5 nitrogen and oxygen atoms in total. The lowest BCUT2D eigenvalue weighted by molar-refractivity contribution is 0.0935. The summed E-state index contributed by atoms with van der Waals surface area (Å²) in [6, 6.07) is 16.2. The molecule has 31 heavy (non-hydrogen) atoms. The van der Waals surface area contributed by atoms with Crippen molar-refractivity contribution in [2.45, 2.75) is 29.5 Å². The highest BCUT2D eigenvalue weighted by Crippen LogP contribution is 2.28. The Morgan fingerprint density at radius 1 is 1.19 bits per heavy atom. The zero-order chi connectivity index (χ0) is 21.5. The fraction of sp³-hybridized carbons (Fsp3) is 0.333. The lowest BCUT2D eigenvalue weighted by Gasteiger charge is -2.28. The molecule has 0 saturated carbocycles. The first-order chi connectivity index (χ1) is 15.2. The van der Waals surface area contributed by atoms with Crippen molar-refractivity contribution in [3.05, 3.63) is 76.2 Å². The van der Waals surface area contributed by atoms with Crippen LogP contribution in [-0.4, -0.2) is 42.5 Å². The predicted octanol–water partition coefficient (Wildman–Crippen LogP) is 5.01. The molecule has 7 heteroatoms. The maximum absolute atomic E-state index is 13.1. The number of nitrogens with zero attached hydrogens (tertiary/aromatic N) is 2. The third-order valence-corrected chi connectivity index (χ3v) is 7.27. The molecule has 1 unspecified atom stereocenters. The Morgan fingerprint density at radius 2 is 1.97 bits per heavy atom. The smallest absolute Gasteiger partial charge is 0.252 e. The Hall–Kier alpha value is -2.35. The van der Waals surface area contributed by atoms with Gasteiger partial charge in [-0.2, -0.15) is 0 Å². The van der Waals surface area contributed by atoms with Gasteiger partial charge in [0.25, 0.3) is 5.91 Å². The molecule has 1 saturated heterocycles. The molecule has 3 aromatic rings. The van der Waals surface area contributed by atoms with Crippen molar-refractivity contribution >= 4 is 29.0 Å². The summed E-state index contributed by atoms with van der Waals surface area (Å²) >= 11 is 3.24. The average molecular weight is 454 g/mol. The Labute approximate surface area is 191 Å². The van der Waals surface area contributed by atoms with Gasteiger partial charge in [-0.3, -0.25) is 9.69 Å². The molecule has 0 aliphatic carbocycles. The molecule has 0 spiro atoms. The van der Waals surface area contributed by atoms with Gasteiger partial charge in [0.2, 0.25) is 0 Å². The number of thioether (sulfide) groups is 1. The quantitative estimate of drug-likeness (QED) is 0.462. The molecule has 1 amide bonds. The molecule has 2 aromatic carbocycles. The van der Waals surface area contributed by atoms with Gasteiger partial charge in [-0.25, -0.2) is 4.98 Å². The number of carbonyl (C=O) groups is 1. The Kier molecular flexibility index (Phi) is 7.61. The zero-order valence-electron chi connectivity index (χ0n) is 17.6. The highest BCUT2D eigenvalue weighted by molar-refractivity contribution is 7.98. The Morgan fingerprint density at radius 3 is 2.68 bits per heavy atom. The highest BCUT2D eigenvalue weighted by Gasteiger charge is 2.24. The molecule has 1 aliphatic rings. The normalized spacial score (nSPS) is 15.0. The van der Waals surface area contributed by atoms with Crippen LogP contribution in [0.5, 0.6) is 5.75 Å². The first kappa shape index (κ1) is 21.9. The second-order valence-corrected chi connectivity index (χ2v) is 9.24. The van der Waals surface area contributed by atoms with E-state index in [0.717, 1.165) is 40.7 Å². The molecule has 0 bridgehead atoms. The van der Waals surface area contributed by atoms with Crippen molar-refractivity contribution in [1.29, 1.82) is 0 Å². The summed E-state index contributed by atoms with van der Waals surface area (Å²) in [6.07, 6.45) is 2.41. The van der Waals surface area contributed by atoms with Crippen LogP contribution in [-0.2, 0) is 5.75 Å². The largest absolute Gasteiger partial charge is 0.497 e. The molecular weight excluding hydrogens is 426 g/mol. The maximum atomic E-state index is 13.1. The highest BCUT2D eigenvalue weighted by atomic mass is 32.2. The zero-order valence-corrected chi connectivity index (χ0v) is 19.3. The number of hydrogen-bond acceptors (Lipinski definition) is 6. The second-order valence-electron chi connectivity index (χ2n) is 7.51. The van der Waals surface area contributed by atoms with E-state index in [4.69, 9.17) is 4.74 Å². The number of aromatic nitrogens is 1. The van der Waals surface area contributed by atoms with Crippen LogP contribution in [0.25, 0.3) is 0 Å². The molecule has 1 aromatic heterocycles. The van der Waals surface area contributed by atoms with Gasteiger partial charge in [0.05, 0.1) is 29.9 Å². The van der Waals surface area contributed by atoms with E-state index < -0.39 is 0 Å². The van der Waals surface area contributed by atoms with Crippen LogP contribution < -0.4 is 10.1 Å². The minimum Gasteiger partial charge on any atom is -0.497 e. The van der Waals surface area contributed by atoms with E-state index in [1.54, 1.807) is 30.2 Å². The maximum Gasteiger partial charge on any atom is 0.252 e. The molecule has 162 valence electrons. The third kappa shape index (κ3) is 5.67. The van der Waals surface area contributed by atoms with Crippen LogP contribution in [0.4, 0.5) is 0 Å². The standard InChI is InChI=1S/C24H27N3O2S2/c1-29-20-10-8-18(9-11-20)22(27-12-4-5-13-27)14-25-24(28)21-6-2-3-7-23(21)31-16-19-15-30-17-26-19/h2-3,6-11,15,17,22H,4-5,12-14,16H2,1H3,(H,25,28). The van der Waals surface area contributed by atoms with E-state index >= 15 is 0 Å². The summed E-state index contributed by atoms with van der Waals surface area (Å²) in [6.45, 7) is 2.70.